The van der Waals surface area contributed by atoms with Crippen molar-refractivity contribution >= 4 is 17.7 Å². The first kappa shape index (κ1) is 13.3. The molecule has 2 rings (SSSR count). The monoisotopic (exact) mass is 273 g/mol. The molecule has 1 aromatic carbocycles. The van der Waals surface area contributed by atoms with Crippen molar-refractivity contribution in [1.29, 1.82) is 0 Å². The number of likely N-dealkylation sites (tertiary alicyclic amines) is 1. The van der Waals surface area contributed by atoms with E-state index < -0.39 is 17.7 Å². The summed E-state index contributed by atoms with van der Waals surface area (Å²) >= 11 is 1.04. The van der Waals surface area contributed by atoms with Gasteiger partial charge in [0.25, 0.3) is 0 Å². The van der Waals surface area contributed by atoms with Gasteiger partial charge in [-0.15, -0.1) is 11.8 Å². The number of carbonyl (C=O) groups excluding carboxylic acids is 1. The first-order chi connectivity index (χ1) is 8.56. The minimum absolute atomic E-state index is 0.0925. The van der Waals surface area contributed by atoms with E-state index in [1.165, 1.54) is 6.07 Å². The van der Waals surface area contributed by atoms with E-state index in [9.17, 15) is 18.7 Å². The van der Waals surface area contributed by atoms with Crippen LogP contribution >= 0.6 is 11.8 Å². The Hall–Kier alpha value is -1.14. The standard InChI is InChI=1S/C12H13F2NO2S/c13-8-1-2-11(10(14)5-8)18-7-12(17)15-4-3-9(16)6-15/h1-2,5,9,16H,3-4,6-7H2/t9-/m0/s1. The van der Waals surface area contributed by atoms with Gasteiger partial charge in [-0.2, -0.15) is 0 Å². The molecule has 0 bridgehead atoms. The molecule has 0 aliphatic carbocycles. The number of hydrogen-bond acceptors (Lipinski definition) is 3. The van der Waals surface area contributed by atoms with E-state index in [2.05, 4.69) is 0 Å². The number of amides is 1. The van der Waals surface area contributed by atoms with Crippen LogP contribution in [-0.2, 0) is 4.79 Å². The second-order valence-electron chi connectivity index (χ2n) is 4.15. The van der Waals surface area contributed by atoms with Crippen LogP contribution < -0.4 is 0 Å². The summed E-state index contributed by atoms with van der Waals surface area (Å²) < 4.78 is 26.0. The highest BCUT2D eigenvalue weighted by Gasteiger charge is 2.24. The molecule has 1 saturated heterocycles. The van der Waals surface area contributed by atoms with Gasteiger partial charge in [0, 0.05) is 24.1 Å². The summed E-state index contributed by atoms with van der Waals surface area (Å²) in [6.07, 6.45) is 0.128. The molecule has 1 fully saturated rings. The molecule has 1 aromatic rings. The molecule has 18 heavy (non-hydrogen) atoms. The topological polar surface area (TPSA) is 40.5 Å². The summed E-state index contributed by atoms with van der Waals surface area (Å²) in [6.45, 7) is 0.873. The lowest BCUT2D eigenvalue weighted by atomic mass is 10.3. The Labute approximate surface area is 108 Å². The Morgan fingerprint density at radius 3 is 2.89 bits per heavy atom. The van der Waals surface area contributed by atoms with Crippen LogP contribution in [0.4, 0.5) is 8.78 Å². The van der Waals surface area contributed by atoms with Gasteiger partial charge in [0.15, 0.2) is 0 Å². The van der Waals surface area contributed by atoms with Crippen molar-refractivity contribution in [3.05, 3.63) is 29.8 Å². The number of aliphatic hydroxyl groups excluding tert-OH is 1. The molecule has 6 heteroatoms. The van der Waals surface area contributed by atoms with Crippen molar-refractivity contribution in [3.63, 3.8) is 0 Å². The number of halogens is 2. The van der Waals surface area contributed by atoms with Crippen LogP contribution in [-0.4, -0.2) is 40.9 Å². The van der Waals surface area contributed by atoms with Gasteiger partial charge in [0.05, 0.1) is 11.9 Å². The van der Waals surface area contributed by atoms with Crippen LogP contribution in [0.1, 0.15) is 6.42 Å². The Morgan fingerprint density at radius 1 is 1.50 bits per heavy atom. The fourth-order valence-electron chi connectivity index (χ4n) is 1.79. The Balaban J connectivity index is 1.89. The summed E-state index contributed by atoms with van der Waals surface area (Å²) in [5.74, 6) is -1.34. The van der Waals surface area contributed by atoms with E-state index in [4.69, 9.17) is 0 Å². The predicted molar refractivity (Wildman–Crippen MR) is 64.3 cm³/mol. The van der Waals surface area contributed by atoms with E-state index in [0.29, 0.717) is 19.5 Å². The molecule has 0 aromatic heterocycles. The van der Waals surface area contributed by atoms with Crippen molar-refractivity contribution in [3.8, 4) is 0 Å². The van der Waals surface area contributed by atoms with Gasteiger partial charge in [-0.25, -0.2) is 8.78 Å². The average molecular weight is 273 g/mol. The van der Waals surface area contributed by atoms with Crippen LogP contribution in [0.3, 0.4) is 0 Å². The second-order valence-corrected chi connectivity index (χ2v) is 5.16. The van der Waals surface area contributed by atoms with E-state index in [-0.39, 0.29) is 16.6 Å². The lowest BCUT2D eigenvalue weighted by Crippen LogP contribution is -2.30. The van der Waals surface area contributed by atoms with Crippen LogP contribution in [0.2, 0.25) is 0 Å². The third-order valence-electron chi connectivity index (χ3n) is 2.76. The maximum atomic E-state index is 13.3. The maximum absolute atomic E-state index is 13.3. The Bertz CT molecular complexity index is 456. The lowest BCUT2D eigenvalue weighted by molar-refractivity contribution is -0.127. The van der Waals surface area contributed by atoms with E-state index in [1.807, 2.05) is 0 Å². The molecular formula is C12H13F2NO2S. The van der Waals surface area contributed by atoms with E-state index in [1.54, 1.807) is 4.90 Å². The molecule has 0 saturated carbocycles. The van der Waals surface area contributed by atoms with E-state index in [0.717, 1.165) is 23.9 Å². The van der Waals surface area contributed by atoms with Crippen molar-refractivity contribution < 1.29 is 18.7 Å². The number of rotatable bonds is 3. The lowest BCUT2D eigenvalue weighted by Gasteiger charge is -2.15. The Kier molecular flexibility index (Phi) is 4.19. The molecule has 0 spiro atoms. The van der Waals surface area contributed by atoms with E-state index >= 15 is 0 Å². The highest BCUT2D eigenvalue weighted by molar-refractivity contribution is 8.00. The van der Waals surface area contributed by atoms with Crippen LogP contribution in [0.5, 0.6) is 0 Å². The van der Waals surface area contributed by atoms with Crippen molar-refractivity contribution in [2.45, 2.75) is 17.4 Å². The fourth-order valence-corrected chi connectivity index (χ4v) is 2.61. The smallest absolute Gasteiger partial charge is 0.233 e. The minimum Gasteiger partial charge on any atom is -0.391 e. The maximum Gasteiger partial charge on any atom is 0.233 e. The zero-order valence-corrected chi connectivity index (χ0v) is 10.4. The normalized spacial score (nSPS) is 19.3. The summed E-state index contributed by atoms with van der Waals surface area (Å²) in [7, 11) is 0. The summed E-state index contributed by atoms with van der Waals surface area (Å²) in [6, 6.07) is 3.28. The number of nitrogens with zero attached hydrogens (tertiary/aromatic N) is 1. The number of hydrogen-bond donors (Lipinski definition) is 1. The highest BCUT2D eigenvalue weighted by atomic mass is 32.2. The van der Waals surface area contributed by atoms with Gasteiger partial charge < -0.3 is 10.0 Å². The zero-order chi connectivity index (χ0) is 13.1. The number of carbonyl (C=O) groups is 1. The summed E-state index contributed by atoms with van der Waals surface area (Å²) in [5.41, 5.74) is 0. The molecule has 1 atom stereocenters. The third-order valence-corrected chi connectivity index (χ3v) is 3.79. The fraction of sp³-hybridized carbons (Fsp3) is 0.417. The third kappa shape index (κ3) is 3.20. The molecule has 0 unspecified atom stereocenters. The SMILES string of the molecule is O=C(CSc1ccc(F)cc1F)N1CC[C@H](O)C1. The molecule has 98 valence electrons. The van der Waals surface area contributed by atoms with Gasteiger partial charge in [-0.05, 0) is 18.6 Å². The largest absolute Gasteiger partial charge is 0.391 e. The number of benzene rings is 1. The zero-order valence-electron chi connectivity index (χ0n) is 9.60. The molecule has 0 radical (unpaired) electrons. The molecule has 1 aliphatic heterocycles. The van der Waals surface area contributed by atoms with Gasteiger partial charge in [-0.3, -0.25) is 4.79 Å². The van der Waals surface area contributed by atoms with Crippen LogP contribution in [0, 0.1) is 11.6 Å². The first-order valence-corrected chi connectivity index (χ1v) is 6.58. The number of aliphatic hydroxyl groups is 1. The average Bonchev–Trinajstić information content (AvgIpc) is 2.74. The van der Waals surface area contributed by atoms with Gasteiger partial charge in [0.1, 0.15) is 11.6 Å². The van der Waals surface area contributed by atoms with Gasteiger partial charge in [0.2, 0.25) is 5.91 Å². The van der Waals surface area contributed by atoms with Crippen molar-refractivity contribution in [2.24, 2.45) is 0 Å². The van der Waals surface area contributed by atoms with Crippen LogP contribution in [0.15, 0.2) is 23.1 Å². The van der Waals surface area contributed by atoms with Gasteiger partial charge >= 0.3 is 0 Å². The number of β-amino-alcohol motifs (C(OH)–C–C–N with tert-alkyl or cyclic N) is 1. The minimum atomic E-state index is -0.658. The molecule has 1 amide bonds. The Morgan fingerprint density at radius 2 is 2.28 bits per heavy atom. The molecule has 3 nitrogen and oxygen atoms in total. The quantitative estimate of drug-likeness (QED) is 0.851. The first-order valence-electron chi connectivity index (χ1n) is 5.60. The molecule has 1 N–H and O–H groups in total. The van der Waals surface area contributed by atoms with Crippen molar-refractivity contribution in [1.82, 2.24) is 4.90 Å². The molecular weight excluding hydrogens is 260 g/mol. The predicted octanol–water partition coefficient (Wildman–Crippen LogP) is 1.65. The van der Waals surface area contributed by atoms with Gasteiger partial charge in [-0.1, -0.05) is 0 Å². The summed E-state index contributed by atoms with van der Waals surface area (Å²) in [4.78, 5) is 13.5. The number of thioether (sulfide) groups is 1. The molecule has 1 heterocycles. The second kappa shape index (κ2) is 5.67. The highest BCUT2D eigenvalue weighted by Crippen LogP contribution is 2.23. The summed E-state index contributed by atoms with van der Waals surface area (Å²) in [5, 5.41) is 9.31. The molecule has 1 aliphatic rings. The van der Waals surface area contributed by atoms with Crippen molar-refractivity contribution in [2.75, 3.05) is 18.8 Å². The van der Waals surface area contributed by atoms with Crippen LogP contribution in [0.25, 0.3) is 0 Å².